The molecule has 2 heterocycles. The van der Waals surface area contributed by atoms with E-state index in [4.69, 9.17) is 11.6 Å². The first-order chi connectivity index (χ1) is 7.16. The van der Waals surface area contributed by atoms with Crippen LogP contribution in [0.5, 0.6) is 0 Å². The smallest absolute Gasteiger partial charge is 0.285 e. The molecule has 0 aliphatic heterocycles. The van der Waals surface area contributed by atoms with Crippen molar-refractivity contribution in [3.8, 4) is 0 Å². The maximum atomic E-state index is 11.4. The molecule has 7 heteroatoms. The number of nitrogens with zero attached hydrogens (tertiary/aromatic N) is 5. The summed E-state index contributed by atoms with van der Waals surface area (Å²) in [5.41, 5.74) is 0.451. The predicted octanol–water partition coefficient (Wildman–Crippen LogP) is 0.0735. The summed E-state index contributed by atoms with van der Waals surface area (Å²) in [5, 5.41) is 11.7. The maximum absolute atomic E-state index is 11.4. The zero-order chi connectivity index (χ0) is 10.8. The van der Waals surface area contributed by atoms with Gasteiger partial charge in [-0.05, 0) is 12.1 Å². The molecule has 0 atom stereocenters. The van der Waals surface area contributed by atoms with Gasteiger partial charge in [0.25, 0.3) is 0 Å². The van der Waals surface area contributed by atoms with E-state index in [9.17, 15) is 4.79 Å². The molecule has 0 fully saturated rings. The van der Waals surface area contributed by atoms with Gasteiger partial charge in [-0.3, -0.25) is 4.57 Å². The summed E-state index contributed by atoms with van der Waals surface area (Å²) in [7, 11) is 1.64. The number of halogens is 1. The highest BCUT2D eigenvalue weighted by molar-refractivity contribution is 6.29. The lowest BCUT2D eigenvalue weighted by Gasteiger charge is -1.97. The Morgan fingerprint density at radius 1 is 1.40 bits per heavy atom. The van der Waals surface area contributed by atoms with E-state index >= 15 is 0 Å². The third kappa shape index (κ3) is 2.04. The number of rotatable bonds is 2. The Bertz CT molecular complexity index is 515. The quantitative estimate of drug-likeness (QED) is 0.726. The highest BCUT2D eigenvalue weighted by Crippen LogP contribution is 2.02. The van der Waals surface area contributed by atoms with Crippen LogP contribution < -0.4 is 5.69 Å². The van der Waals surface area contributed by atoms with Crippen LogP contribution in [-0.4, -0.2) is 24.5 Å². The van der Waals surface area contributed by atoms with Crippen molar-refractivity contribution in [2.75, 3.05) is 0 Å². The zero-order valence-electron chi connectivity index (χ0n) is 7.96. The molecule has 0 amide bonds. The Labute approximate surface area is 90.1 Å². The van der Waals surface area contributed by atoms with Crippen LogP contribution >= 0.6 is 11.6 Å². The Hall–Kier alpha value is -1.69. The molecular formula is C8H8ClN5O. The fourth-order valence-corrected chi connectivity index (χ4v) is 1.21. The number of hydrogen-bond donors (Lipinski definition) is 0. The molecule has 0 aliphatic rings. The molecule has 0 aromatic carbocycles. The highest BCUT2D eigenvalue weighted by Gasteiger charge is 2.03. The van der Waals surface area contributed by atoms with Crippen LogP contribution in [0, 0.1) is 0 Å². The average Bonchev–Trinajstić information content (AvgIpc) is 2.53. The van der Waals surface area contributed by atoms with Gasteiger partial charge in [0.15, 0.2) is 5.15 Å². The molecule has 0 radical (unpaired) electrons. The van der Waals surface area contributed by atoms with Crippen molar-refractivity contribution in [3.63, 3.8) is 0 Å². The third-order valence-corrected chi connectivity index (χ3v) is 2.09. The monoisotopic (exact) mass is 225 g/mol. The second kappa shape index (κ2) is 3.82. The van der Waals surface area contributed by atoms with Crippen molar-refractivity contribution in [2.45, 2.75) is 6.54 Å². The van der Waals surface area contributed by atoms with E-state index < -0.39 is 0 Å². The van der Waals surface area contributed by atoms with Gasteiger partial charge < -0.3 is 0 Å². The van der Waals surface area contributed by atoms with E-state index in [1.165, 1.54) is 15.6 Å². The van der Waals surface area contributed by atoms with E-state index in [1.54, 1.807) is 19.2 Å². The van der Waals surface area contributed by atoms with Gasteiger partial charge in [-0.1, -0.05) is 11.6 Å². The summed E-state index contributed by atoms with van der Waals surface area (Å²) in [6.07, 6.45) is 1.45. The van der Waals surface area contributed by atoms with Crippen LogP contribution in [0.2, 0.25) is 5.15 Å². The Balaban J connectivity index is 2.26. The number of aromatic nitrogens is 5. The molecule has 0 spiro atoms. The summed E-state index contributed by atoms with van der Waals surface area (Å²) in [5.74, 6) is 0. The minimum Gasteiger partial charge on any atom is -0.285 e. The standard InChI is InChI=1S/C8H8ClN5O/c1-13-5-10-14(8(13)15)4-6-2-3-7(9)12-11-6/h2-3,5H,4H2,1H3. The predicted molar refractivity (Wildman–Crippen MR) is 53.6 cm³/mol. The van der Waals surface area contributed by atoms with Crippen LogP contribution in [0.25, 0.3) is 0 Å². The van der Waals surface area contributed by atoms with Crippen LogP contribution in [0.3, 0.4) is 0 Å². The lowest BCUT2D eigenvalue weighted by atomic mass is 10.4. The van der Waals surface area contributed by atoms with E-state index in [2.05, 4.69) is 15.3 Å². The largest absolute Gasteiger partial charge is 0.345 e. The van der Waals surface area contributed by atoms with Crippen molar-refractivity contribution in [3.05, 3.63) is 39.8 Å². The summed E-state index contributed by atoms with van der Waals surface area (Å²) in [6, 6.07) is 3.33. The molecule has 78 valence electrons. The van der Waals surface area contributed by atoms with E-state index in [0.29, 0.717) is 17.4 Å². The van der Waals surface area contributed by atoms with Crippen LogP contribution in [0.4, 0.5) is 0 Å². The Kier molecular flexibility index (Phi) is 2.51. The van der Waals surface area contributed by atoms with Gasteiger partial charge in [0.1, 0.15) is 6.33 Å². The van der Waals surface area contributed by atoms with Crippen LogP contribution in [-0.2, 0) is 13.6 Å². The van der Waals surface area contributed by atoms with Gasteiger partial charge in [-0.25, -0.2) is 9.48 Å². The molecule has 2 aromatic heterocycles. The molecule has 2 rings (SSSR count). The van der Waals surface area contributed by atoms with Crippen molar-refractivity contribution in [1.82, 2.24) is 24.5 Å². The van der Waals surface area contributed by atoms with E-state index in [0.717, 1.165) is 0 Å². The third-order valence-electron chi connectivity index (χ3n) is 1.89. The molecule has 0 bridgehead atoms. The van der Waals surface area contributed by atoms with Crippen molar-refractivity contribution < 1.29 is 0 Å². The second-order valence-electron chi connectivity index (χ2n) is 3.03. The topological polar surface area (TPSA) is 65.6 Å². The second-order valence-corrected chi connectivity index (χ2v) is 3.42. The van der Waals surface area contributed by atoms with E-state index in [1.807, 2.05) is 0 Å². The van der Waals surface area contributed by atoms with Crippen molar-refractivity contribution in [2.24, 2.45) is 7.05 Å². The lowest BCUT2D eigenvalue weighted by molar-refractivity contribution is 0.628. The first-order valence-corrected chi connectivity index (χ1v) is 4.61. The lowest BCUT2D eigenvalue weighted by Crippen LogP contribution is -2.23. The SMILES string of the molecule is Cn1cnn(Cc2ccc(Cl)nn2)c1=O. The Morgan fingerprint density at radius 2 is 2.20 bits per heavy atom. The maximum Gasteiger partial charge on any atom is 0.345 e. The molecule has 0 saturated heterocycles. The normalized spacial score (nSPS) is 10.5. The summed E-state index contributed by atoms with van der Waals surface area (Å²) >= 11 is 5.59. The summed E-state index contributed by atoms with van der Waals surface area (Å²) in [4.78, 5) is 11.4. The van der Waals surface area contributed by atoms with Crippen LogP contribution in [0.1, 0.15) is 5.69 Å². The number of aryl methyl sites for hydroxylation is 1. The first kappa shape index (κ1) is 9.85. The Morgan fingerprint density at radius 3 is 2.73 bits per heavy atom. The minimum atomic E-state index is -0.188. The molecule has 0 unspecified atom stereocenters. The summed E-state index contributed by atoms with van der Waals surface area (Å²) in [6.45, 7) is 0.295. The van der Waals surface area contributed by atoms with Gasteiger partial charge in [-0.2, -0.15) is 10.2 Å². The average molecular weight is 226 g/mol. The van der Waals surface area contributed by atoms with Gasteiger partial charge in [0, 0.05) is 7.05 Å². The van der Waals surface area contributed by atoms with E-state index in [-0.39, 0.29) is 5.69 Å². The molecular weight excluding hydrogens is 218 g/mol. The zero-order valence-corrected chi connectivity index (χ0v) is 8.72. The van der Waals surface area contributed by atoms with Gasteiger partial charge >= 0.3 is 5.69 Å². The van der Waals surface area contributed by atoms with Gasteiger partial charge in [-0.15, -0.1) is 5.10 Å². The fourth-order valence-electron chi connectivity index (χ4n) is 1.11. The minimum absolute atomic E-state index is 0.188. The van der Waals surface area contributed by atoms with Gasteiger partial charge in [0.2, 0.25) is 0 Å². The molecule has 6 nitrogen and oxygen atoms in total. The fraction of sp³-hybridized carbons (Fsp3) is 0.250. The summed E-state index contributed by atoms with van der Waals surface area (Å²) < 4.78 is 2.70. The molecule has 0 N–H and O–H groups in total. The van der Waals surface area contributed by atoms with Crippen molar-refractivity contribution in [1.29, 1.82) is 0 Å². The van der Waals surface area contributed by atoms with Gasteiger partial charge in [0.05, 0.1) is 12.2 Å². The molecule has 15 heavy (non-hydrogen) atoms. The molecule has 2 aromatic rings. The molecule has 0 saturated carbocycles. The highest BCUT2D eigenvalue weighted by atomic mass is 35.5. The first-order valence-electron chi connectivity index (χ1n) is 4.23. The van der Waals surface area contributed by atoms with Crippen molar-refractivity contribution >= 4 is 11.6 Å². The van der Waals surface area contributed by atoms with Crippen LogP contribution in [0.15, 0.2) is 23.3 Å². The molecule has 0 aliphatic carbocycles. The number of hydrogen-bond acceptors (Lipinski definition) is 4.